The van der Waals surface area contributed by atoms with Crippen LogP contribution in [0.4, 0.5) is 0 Å². The maximum atomic E-state index is 5.90. The molecule has 1 aliphatic rings. The van der Waals surface area contributed by atoms with E-state index in [4.69, 9.17) is 4.74 Å². The highest BCUT2D eigenvalue weighted by atomic mass is 16.5. The average molecular weight is 255 g/mol. The smallest absolute Gasteiger partial charge is 0.119 e. The zero-order valence-electron chi connectivity index (χ0n) is 11.3. The van der Waals surface area contributed by atoms with E-state index in [0.717, 1.165) is 18.3 Å². The molecule has 1 aliphatic heterocycles. The molecule has 1 N–H and O–H groups in total. The Bertz CT molecular complexity index is 532. The molecule has 100 valence electrons. The molecule has 0 radical (unpaired) electrons. The summed E-state index contributed by atoms with van der Waals surface area (Å²) >= 11 is 0. The average Bonchev–Trinajstić information content (AvgIpc) is 2.48. The molecule has 0 spiro atoms. The minimum absolute atomic E-state index is 0.835. The SMILES string of the molecule is c1ccc2cc(OCCC3CCNCC3)ccc2c1. The molecule has 1 fully saturated rings. The molecule has 0 atom stereocenters. The number of nitrogens with one attached hydrogen (secondary N) is 1. The normalized spacial score (nSPS) is 16.6. The fourth-order valence-corrected chi connectivity index (χ4v) is 2.77. The van der Waals surface area contributed by atoms with Crippen LogP contribution in [0, 0.1) is 5.92 Å². The van der Waals surface area contributed by atoms with Crippen molar-refractivity contribution < 1.29 is 4.74 Å². The summed E-state index contributed by atoms with van der Waals surface area (Å²) in [6.07, 6.45) is 3.76. The van der Waals surface area contributed by atoms with Gasteiger partial charge in [-0.05, 0) is 61.2 Å². The van der Waals surface area contributed by atoms with Crippen molar-refractivity contribution in [2.24, 2.45) is 5.92 Å². The molecular weight excluding hydrogens is 234 g/mol. The molecule has 0 amide bonds. The van der Waals surface area contributed by atoms with Crippen LogP contribution in [0.2, 0.25) is 0 Å². The van der Waals surface area contributed by atoms with Crippen LogP contribution < -0.4 is 10.1 Å². The first kappa shape index (κ1) is 12.5. The van der Waals surface area contributed by atoms with Crippen LogP contribution >= 0.6 is 0 Å². The van der Waals surface area contributed by atoms with Crippen molar-refractivity contribution in [1.82, 2.24) is 5.32 Å². The van der Waals surface area contributed by atoms with Crippen LogP contribution in [0.25, 0.3) is 10.8 Å². The topological polar surface area (TPSA) is 21.3 Å². The Morgan fingerprint density at radius 2 is 1.79 bits per heavy atom. The van der Waals surface area contributed by atoms with Crippen molar-refractivity contribution in [3.63, 3.8) is 0 Å². The van der Waals surface area contributed by atoms with Crippen LogP contribution in [0.1, 0.15) is 19.3 Å². The number of piperidine rings is 1. The third-order valence-electron chi connectivity index (χ3n) is 3.97. The maximum absolute atomic E-state index is 5.90. The highest BCUT2D eigenvalue weighted by Crippen LogP contribution is 2.22. The van der Waals surface area contributed by atoms with E-state index >= 15 is 0 Å². The van der Waals surface area contributed by atoms with E-state index in [2.05, 4.69) is 47.8 Å². The number of hydrogen-bond acceptors (Lipinski definition) is 2. The molecule has 0 saturated carbocycles. The number of benzene rings is 2. The van der Waals surface area contributed by atoms with Crippen LogP contribution in [0.3, 0.4) is 0 Å². The van der Waals surface area contributed by atoms with Gasteiger partial charge in [0, 0.05) is 0 Å². The van der Waals surface area contributed by atoms with Gasteiger partial charge in [-0.15, -0.1) is 0 Å². The summed E-state index contributed by atoms with van der Waals surface area (Å²) in [6, 6.07) is 14.8. The quantitative estimate of drug-likeness (QED) is 0.901. The van der Waals surface area contributed by atoms with Gasteiger partial charge in [-0.25, -0.2) is 0 Å². The van der Waals surface area contributed by atoms with Gasteiger partial charge >= 0.3 is 0 Å². The second-order valence-electron chi connectivity index (χ2n) is 5.34. The Morgan fingerprint density at radius 1 is 1.00 bits per heavy atom. The van der Waals surface area contributed by atoms with E-state index in [-0.39, 0.29) is 0 Å². The predicted molar refractivity (Wildman–Crippen MR) is 79.7 cm³/mol. The van der Waals surface area contributed by atoms with Crippen molar-refractivity contribution in [1.29, 1.82) is 0 Å². The number of fused-ring (bicyclic) bond motifs is 1. The summed E-state index contributed by atoms with van der Waals surface area (Å²) in [6.45, 7) is 3.17. The van der Waals surface area contributed by atoms with E-state index in [1.165, 1.54) is 43.1 Å². The van der Waals surface area contributed by atoms with Gasteiger partial charge in [-0.3, -0.25) is 0 Å². The van der Waals surface area contributed by atoms with Gasteiger partial charge in [0.05, 0.1) is 6.61 Å². The lowest BCUT2D eigenvalue weighted by Gasteiger charge is -2.22. The summed E-state index contributed by atoms with van der Waals surface area (Å²) in [7, 11) is 0. The summed E-state index contributed by atoms with van der Waals surface area (Å²) in [5.41, 5.74) is 0. The fraction of sp³-hybridized carbons (Fsp3) is 0.412. The summed E-state index contributed by atoms with van der Waals surface area (Å²) in [4.78, 5) is 0. The van der Waals surface area contributed by atoms with Gasteiger partial charge in [0.1, 0.15) is 5.75 Å². The van der Waals surface area contributed by atoms with Gasteiger partial charge in [-0.2, -0.15) is 0 Å². The van der Waals surface area contributed by atoms with E-state index < -0.39 is 0 Å². The van der Waals surface area contributed by atoms with E-state index in [0.29, 0.717) is 0 Å². The second kappa shape index (κ2) is 6.07. The van der Waals surface area contributed by atoms with E-state index in [9.17, 15) is 0 Å². The van der Waals surface area contributed by atoms with Gasteiger partial charge < -0.3 is 10.1 Å². The first-order valence-electron chi connectivity index (χ1n) is 7.24. The summed E-state index contributed by atoms with van der Waals surface area (Å²) < 4.78 is 5.90. The summed E-state index contributed by atoms with van der Waals surface area (Å²) in [5.74, 6) is 1.83. The van der Waals surface area contributed by atoms with Crippen molar-refractivity contribution in [3.05, 3.63) is 42.5 Å². The minimum Gasteiger partial charge on any atom is -0.494 e. The van der Waals surface area contributed by atoms with Gasteiger partial charge in [0.25, 0.3) is 0 Å². The summed E-state index contributed by atoms with van der Waals surface area (Å²) in [5, 5.41) is 5.93. The molecule has 2 heteroatoms. The lowest BCUT2D eigenvalue weighted by molar-refractivity contribution is 0.252. The van der Waals surface area contributed by atoms with Crippen molar-refractivity contribution in [2.45, 2.75) is 19.3 Å². The monoisotopic (exact) mass is 255 g/mol. The van der Waals surface area contributed by atoms with Crippen LogP contribution in [-0.4, -0.2) is 19.7 Å². The van der Waals surface area contributed by atoms with Crippen LogP contribution in [-0.2, 0) is 0 Å². The lowest BCUT2D eigenvalue weighted by Crippen LogP contribution is -2.28. The lowest BCUT2D eigenvalue weighted by atomic mass is 9.95. The third-order valence-corrected chi connectivity index (χ3v) is 3.97. The first-order valence-corrected chi connectivity index (χ1v) is 7.24. The Morgan fingerprint density at radius 3 is 2.63 bits per heavy atom. The second-order valence-corrected chi connectivity index (χ2v) is 5.34. The number of hydrogen-bond donors (Lipinski definition) is 1. The molecule has 0 unspecified atom stereocenters. The maximum Gasteiger partial charge on any atom is 0.119 e. The fourth-order valence-electron chi connectivity index (χ4n) is 2.77. The van der Waals surface area contributed by atoms with Crippen LogP contribution in [0.5, 0.6) is 5.75 Å². The molecule has 2 aromatic carbocycles. The van der Waals surface area contributed by atoms with Crippen molar-refractivity contribution >= 4 is 10.8 Å². The zero-order chi connectivity index (χ0) is 12.9. The highest BCUT2D eigenvalue weighted by molar-refractivity contribution is 5.83. The van der Waals surface area contributed by atoms with Gasteiger partial charge in [0.2, 0.25) is 0 Å². The molecule has 19 heavy (non-hydrogen) atoms. The Kier molecular flexibility index (Phi) is 3.99. The molecule has 3 rings (SSSR count). The Hall–Kier alpha value is -1.54. The zero-order valence-corrected chi connectivity index (χ0v) is 11.3. The van der Waals surface area contributed by atoms with Crippen molar-refractivity contribution in [2.75, 3.05) is 19.7 Å². The van der Waals surface area contributed by atoms with Crippen molar-refractivity contribution in [3.8, 4) is 5.75 Å². The molecule has 1 saturated heterocycles. The number of ether oxygens (including phenoxy) is 1. The standard InChI is InChI=1S/C17H21NO/c1-2-4-16-13-17(6-5-15(16)3-1)19-12-9-14-7-10-18-11-8-14/h1-6,13-14,18H,7-12H2. The molecular formula is C17H21NO. The predicted octanol–water partition coefficient (Wildman–Crippen LogP) is 3.61. The molecule has 0 aliphatic carbocycles. The van der Waals surface area contributed by atoms with Crippen LogP contribution in [0.15, 0.2) is 42.5 Å². The van der Waals surface area contributed by atoms with Gasteiger partial charge in [0.15, 0.2) is 0 Å². The molecule has 2 aromatic rings. The molecule has 0 aromatic heterocycles. The largest absolute Gasteiger partial charge is 0.494 e. The minimum atomic E-state index is 0.835. The van der Waals surface area contributed by atoms with E-state index in [1.54, 1.807) is 0 Å². The molecule has 0 bridgehead atoms. The first-order chi connectivity index (χ1) is 9.42. The molecule has 1 heterocycles. The third kappa shape index (κ3) is 3.27. The Balaban J connectivity index is 1.56. The highest BCUT2D eigenvalue weighted by Gasteiger charge is 2.12. The Labute approximate surface area is 114 Å². The van der Waals surface area contributed by atoms with Gasteiger partial charge in [-0.1, -0.05) is 30.3 Å². The van der Waals surface area contributed by atoms with E-state index in [1.807, 2.05) is 0 Å². The molecule has 2 nitrogen and oxygen atoms in total. The number of rotatable bonds is 4.